The van der Waals surface area contributed by atoms with Gasteiger partial charge >= 0.3 is 0 Å². The maximum Gasteiger partial charge on any atom is 0.226 e. The molecule has 0 radical (unpaired) electrons. The number of aliphatic hydroxyl groups is 1. The van der Waals surface area contributed by atoms with Gasteiger partial charge < -0.3 is 15.3 Å². The first-order chi connectivity index (χ1) is 8.25. The first kappa shape index (κ1) is 11.5. The second-order valence-electron chi connectivity index (χ2n) is 5.86. The highest BCUT2D eigenvalue weighted by Crippen LogP contribution is 2.38. The Morgan fingerprint density at radius 3 is 2.82 bits per heavy atom. The molecule has 2 saturated heterocycles. The molecule has 2 heterocycles. The molecule has 96 valence electrons. The summed E-state index contributed by atoms with van der Waals surface area (Å²) in [6.07, 6.45) is 4.00. The maximum atomic E-state index is 12.3. The Balaban J connectivity index is 1.60. The number of likely N-dealkylation sites (tertiary alicyclic amines) is 1. The Morgan fingerprint density at radius 2 is 2.12 bits per heavy atom. The lowest BCUT2D eigenvalue weighted by atomic mass is 9.98. The van der Waals surface area contributed by atoms with Gasteiger partial charge in [-0.2, -0.15) is 0 Å². The molecule has 17 heavy (non-hydrogen) atoms. The first-order valence-electron chi connectivity index (χ1n) is 6.93. The molecule has 0 bridgehead atoms. The molecule has 1 saturated carbocycles. The Kier molecular flexibility index (Phi) is 3.09. The van der Waals surface area contributed by atoms with Crippen LogP contribution in [0.4, 0.5) is 0 Å². The van der Waals surface area contributed by atoms with Gasteiger partial charge in [-0.15, -0.1) is 0 Å². The number of piperidine rings is 1. The lowest BCUT2D eigenvalue weighted by molar-refractivity contribution is -0.135. The Hall–Kier alpha value is -0.610. The van der Waals surface area contributed by atoms with E-state index in [0.29, 0.717) is 17.7 Å². The predicted molar refractivity (Wildman–Crippen MR) is 64.4 cm³/mol. The summed E-state index contributed by atoms with van der Waals surface area (Å²) < 4.78 is 0. The second kappa shape index (κ2) is 4.58. The molecule has 4 nitrogen and oxygen atoms in total. The topological polar surface area (TPSA) is 52.6 Å². The number of rotatable bonds is 1. The number of hydrogen-bond donors (Lipinski definition) is 2. The van der Waals surface area contributed by atoms with Crippen molar-refractivity contribution in [2.75, 3.05) is 26.2 Å². The average molecular weight is 238 g/mol. The smallest absolute Gasteiger partial charge is 0.226 e. The fourth-order valence-corrected chi connectivity index (χ4v) is 3.74. The van der Waals surface area contributed by atoms with Crippen molar-refractivity contribution in [2.24, 2.45) is 17.8 Å². The molecule has 1 amide bonds. The summed E-state index contributed by atoms with van der Waals surface area (Å²) in [6.45, 7) is 3.57. The zero-order chi connectivity index (χ0) is 11.8. The van der Waals surface area contributed by atoms with Crippen LogP contribution in [0.2, 0.25) is 0 Å². The highest BCUT2D eigenvalue weighted by atomic mass is 16.3. The first-order valence-corrected chi connectivity index (χ1v) is 6.93. The van der Waals surface area contributed by atoms with Gasteiger partial charge in [0.2, 0.25) is 5.91 Å². The number of aliphatic hydroxyl groups excluding tert-OH is 1. The summed E-state index contributed by atoms with van der Waals surface area (Å²) in [4.78, 5) is 14.4. The number of carbonyl (C=O) groups excluding carboxylic acids is 1. The van der Waals surface area contributed by atoms with Crippen molar-refractivity contribution in [2.45, 2.75) is 31.8 Å². The largest absolute Gasteiger partial charge is 0.393 e. The summed E-state index contributed by atoms with van der Waals surface area (Å²) in [5.41, 5.74) is 0. The lowest BCUT2D eigenvalue weighted by Crippen LogP contribution is -2.42. The van der Waals surface area contributed by atoms with Gasteiger partial charge in [0.15, 0.2) is 0 Å². The van der Waals surface area contributed by atoms with Crippen LogP contribution in [0.25, 0.3) is 0 Å². The van der Waals surface area contributed by atoms with Crippen molar-refractivity contribution in [3.05, 3.63) is 0 Å². The van der Waals surface area contributed by atoms with Crippen LogP contribution in [0.3, 0.4) is 0 Å². The number of amides is 1. The molecule has 4 heteroatoms. The molecule has 3 fully saturated rings. The number of hydrogen-bond acceptors (Lipinski definition) is 3. The predicted octanol–water partition coefficient (Wildman–Crippen LogP) is 0.215. The monoisotopic (exact) mass is 238 g/mol. The van der Waals surface area contributed by atoms with E-state index in [1.54, 1.807) is 0 Å². The van der Waals surface area contributed by atoms with Crippen LogP contribution in [0.5, 0.6) is 0 Å². The van der Waals surface area contributed by atoms with Crippen LogP contribution in [0, 0.1) is 17.8 Å². The van der Waals surface area contributed by atoms with E-state index >= 15 is 0 Å². The van der Waals surface area contributed by atoms with Crippen molar-refractivity contribution in [1.29, 1.82) is 0 Å². The van der Waals surface area contributed by atoms with Gasteiger partial charge in [0.25, 0.3) is 0 Å². The molecule has 0 spiro atoms. The Bertz CT molecular complexity index is 302. The van der Waals surface area contributed by atoms with Crippen molar-refractivity contribution in [1.82, 2.24) is 10.2 Å². The standard InChI is InChI=1S/C13H22N2O2/c16-12-4-3-10-7-15(8-11(10)12)13(17)9-2-1-5-14-6-9/h9-12,14,16H,1-8H2/t9-,10?,11?,12?/m1/s1. The number of nitrogens with one attached hydrogen (secondary N) is 1. The second-order valence-corrected chi connectivity index (χ2v) is 5.86. The van der Waals surface area contributed by atoms with Crippen LogP contribution >= 0.6 is 0 Å². The summed E-state index contributed by atoms with van der Waals surface area (Å²) >= 11 is 0. The van der Waals surface area contributed by atoms with Gasteiger partial charge in [-0.05, 0) is 38.1 Å². The Labute approximate surface area is 102 Å². The van der Waals surface area contributed by atoms with E-state index in [9.17, 15) is 9.90 Å². The number of fused-ring (bicyclic) bond motifs is 1. The molecule has 3 aliphatic rings. The van der Waals surface area contributed by atoms with Gasteiger partial charge in [-0.1, -0.05) is 0 Å². The van der Waals surface area contributed by atoms with Gasteiger partial charge in [-0.25, -0.2) is 0 Å². The fraction of sp³-hybridized carbons (Fsp3) is 0.923. The minimum Gasteiger partial charge on any atom is -0.393 e. The van der Waals surface area contributed by atoms with Crippen molar-refractivity contribution in [3.63, 3.8) is 0 Å². The van der Waals surface area contributed by atoms with E-state index in [-0.39, 0.29) is 12.0 Å². The zero-order valence-electron chi connectivity index (χ0n) is 10.3. The van der Waals surface area contributed by atoms with E-state index in [0.717, 1.165) is 51.9 Å². The summed E-state index contributed by atoms with van der Waals surface area (Å²) in [5, 5.41) is 13.2. The van der Waals surface area contributed by atoms with E-state index in [1.807, 2.05) is 4.90 Å². The molecule has 2 aliphatic heterocycles. The molecule has 0 aromatic heterocycles. The van der Waals surface area contributed by atoms with Gasteiger partial charge in [0.05, 0.1) is 12.0 Å². The third-order valence-corrected chi connectivity index (χ3v) is 4.78. The molecular weight excluding hydrogens is 216 g/mol. The zero-order valence-corrected chi connectivity index (χ0v) is 10.3. The summed E-state index contributed by atoms with van der Waals surface area (Å²) in [6, 6.07) is 0. The number of nitrogens with zero attached hydrogens (tertiary/aromatic N) is 1. The van der Waals surface area contributed by atoms with E-state index in [1.165, 1.54) is 0 Å². The Morgan fingerprint density at radius 1 is 1.24 bits per heavy atom. The van der Waals surface area contributed by atoms with Crippen LogP contribution in [-0.4, -0.2) is 48.2 Å². The maximum absolute atomic E-state index is 12.3. The third kappa shape index (κ3) is 2.08. The number of carbonyl (C=O) groups is 1. The lowest BCUT2D eigenvalue weighted by Gasteiger charge is -2.27. The average Bonchev–Trinajstić information content (AvgIpc) is 2.92. The van der Waals surface area contributed by atoms with Crippen LogP contribution in [0.1, 0.15) is 25.7 Å². The highest BCUT2D eigenvalue weighted by molar-refractivity contribution is 5.79. The molecule has 3 rings (SSSR count). The van der Waals surface area contributed by atoms with Crippen molar-refractivity contribution < 1.29 is 9.90 Å². The summed E-state index contributed by atoms with van der Waals surface area (Å²) in [7, 11) is 0. The van der Waals surface area contributed by atoms with Crippen molar-refractivity contribution in [3.8, 4) is 0 Å². The van der Waals surface area contributed by atoms with Crippen LogP contribution < -0.4 is 5.32 Å². The molecule has 1 aliphatic carbocycles. The van der Waals surface area contributed by atoms with Crippen LogP contribution in [-0.2, 0) is 4.79 Å². The SMILES string of the molecule is O=C([C@@H]1CCCNC1)N1CC2CCC(O)C2C1. The molecule has 3 unspecified atom stereocenters. The van der Waals surface area contributed by atoms with E-state index in [2.05, 4.69) is 5.32 Å². The van der Waals surface area contributed by atoms with Gasteiger partial charge in [0.1, 0.15) is 0 Å². The van der Waals surface area contributed by atoms with E-state index in [4.69, 9.17) is 0 Å². The quantitative estimate of drug-likeness (QED) is 0.687. The molecule has 0 aromatic rings. The van der Waals surface area contributed by atoms with Crippen LogP contribution in [0.15, 0.2) is 0 Å². The van der Waals surface area contributed by atoms with Crippen molar-refractivity contribution >= 4 is 5.91 Å². The minimum atomic E-state index is -0.165. The van der Waals surface area contributed by atoms with Gasteiger partial charge in [-0.3, -0.25) is 4.79 Å². The van der Waals surface area contributed by atoms with E-state index < -0.39 is 0 Å². The molecular formula is C13H22N2O2. The third-order valence-electron chi connectivity index (χ3n) is 4.78. The molecule has 2 N–H and O–H groups in total. The normalized spacial score (nSPS) is 41.6. The fourth-order valence-electron chi connectivity index (χ4n) is 3.74. The summed E-state index contributed by atoms with van der Waals surface area (Å²) in [5.74, 6) is 1.42. The molecule has 0 aromatic carbocycles. The molecule has 4 atom stereocenters. The minimum absolute atomic E-state index is 0.165. The highest BCUT2D eigenvalue weighted by Gasteiger charge is 2.44. The van der Waals surface area contributed by atoms with Gasteiger partial charge in [0, 0.05) is 25.6 Å².